The molecule has 65 valence electrons. The van der Waals surface area contributed by atoms with Crippen LogP contribution < -0.4 is 0 Å². The standard InChI is InChI=1S/Er.7H2O.Ti/h;7*1H2;/q+3;;;;;;;;+4/p-7. The second-order valence-electron chi connectivity index (χ2n) is 0. The molecule has 0 bridgehead atoms. The van der Waals surface area contributed by atoms with Crippen LogP contribution in [-0.2, 0) is 21.7 Å². The Morgan fingerprint density at radius 2 is 0.333 bits per heavy atom. The Labute approximate surface area is 96.4 Å². The van der Waals surface area contributed by atoms with E-state index in [1.54, 1.807) is 0 Å². The molecule has 0 rings (SSSR count). The molecule has 0 unspecified atom stereocenters. The topological polar surface area (TPSA) is 210 Å². The largest absolute Gasteiger partial charge is 4.00 e. The van der Waals surface area contributed by atoms with Crippen LogP contribution in [0.3, 0.4) is 0 Å². The van der Waals surface area contributed by atoms with E-state index in [9.17, 15) is 0 Å². The number of hydrogen-bond acceptors (Lipinski definition) is 7. The minimum absolute atomic E-state index is 0. The summed E-state index contributed by atoms with van der Waals surface area (Å²) in [5, 5.41) is 0. The molecule has 7 nitrogen and oxygen atoms in total. The van der Waals surface area contributed by atoms with Crippen molar-refractivity contribution in [3.63, 3.8) is 0 Å². The smallest absolute Gasteiger partial charge is 0.870 e. The van der Waals surface area contributed by atoms with Crippen LogP contribution in [-0.4, -0.2) is 38.3 Å². The van der Waals surface area contributed by atoms with Crippen molar-refractivity contribution in [2.24, 2.45) is 0 Å². The van der Waals surface area contributed by atoms with Crippen LogP contribution >= 0.6 is 0 Å². The first kappa shape index (κ1) is 354. The summed E-state index contributed by atoms with van der Waals surface area (Å²) in [5.74, 6) is 0. The van der Waals surface area contributed by atoms with E-state index in [0.717, 1.165) is 0 Å². The molecule has 0 atom stereocenters. The molecule has 7 N–H and O–H groups in total. The average Bonchev–Trinajstić information content (AvgIpc) is 0. The van der Waals surface area contributed by atoms with Gasteiger partial charge in [0.15, 0.2) is 0 Å². The first-order valence-electron chi connectivity index (χ1n) is 0. The fourth-order valence-electron chi connectivity index (χ4n) is 0. The fraction of sp³-hybridized carbons (Fsp3) is 0. The van der Waals surface area contributed by atoms with E-state index in [1.165, 1.54) is 0 Å². The Bertz CT molecular complexity index is 8.88. The van der Waals surface area contributed by atoms with E-state index in [-0.39, 0.29) is 97.4 Å². The predicted octanol–water partition coefficient (Wildman–Crippen LogP) is -1.24. The maximum absolute atomic E-state index is 0. The molecule has 0 amide bonds. The molecule has 0 aliphatic rings. The minimum Gasteiger partial charge on any atom is -0.870 e. The van der Waals surface area contributed by atoms with Crippen molar-refractivity contribution >= 4 is 0 Å². The molecule has 0 saturated heterocycles. The first-order chi connectivity index (χ1) is 0. The summed E-state index contributed by atoms with van der Waals surface area (Å²) in [6.07, 6.45) is 0. The summed E-state index contributed by atoms with van der Waals surface area (Å²) >= 11 is 0. The zero-order chi connectivity index (χ0) is 0. The van der Waals surface area contributed by atoms with Crippen molar-refractivity contribution in [2.45, 2.75) is 0 Å². The molecule has 9 heteroatoms. The van der Waals surface area contributed by atoms with Gasteiger partial charge in [-0.3, -0.25) is 0 Å². The van der Waals surface area contributed by atoms with Gasteiger partial charge in [0, 0.05) is 0 Å². The summed E-state index contributed by atoms with van der Waals surface area (Å²) in [4.78, 5) is 0. The molecule has 1 radical (unpaired) electrons. The Hall–Kier alpha value is 1.68. The SMILES string of the molecule is [Er+3].[OH-].[OH-].[OH-].[OH-].[OH-].[OH-].[OH-].[Ti+4]. The maximum atomic E-state index is 0. The molecule has 0 aliphatic carbocycles. The molecular formula is H7ErO7Ti. The summed E-state index contributed by atoms with van der Waals surface area (Å²) < 4.78 is 0. The van der Waals surface area contributed by atoms with Gasteiger partial charge in [-0.15, -0.1) is 0 Å². The molecule has 0 aliphatic heterocycles. The van der Waals surface area contributed by atoms with E-state index < -0.39 is 0 Å². The van der Waals surface area contributed by atoms with Crippen LogP contribution in [0.1, 0.15) is 0 Å². The number of hydrogen-bond donors (Lipinski definition) is 0. The van der Waals surface area contributed by atoms with Gasteiger partial charge in [0.1, 0.15) is 0 Å². The van der Waals surface area contributed by atoms with Gasteiger partial charge in [-0.1, -0.05) is 0 Å². The van der Waals surface area contributed by atoms with Crippen LogP contribution in [0.5, 0.6) is 0 Å². The Kier molecular flexibility index (Phi) is 10200. The van der Waals surface area contributed by atoms with Gasteiger partial charge in [0.05, 0.1) is 0 Å². The van der Waals surface area contributed by atoms with Gasteiger partial charge in [0.2, 0.25) is 0 Å². The van der Waals surface area contributed by atoms with Gasteiger partial charge in [-0.05, 0) is 0 Å². The van der Waals surface area contributed by atoms with Crippen LogP contribution in [0.25, 0.3) is 0 Å². The van der Waals surface area contributed by atoms with Crippen molar-refractivity contribution in [1.29, 1.82) is 0 Å². The molecule has 0 aromatic rings. The van der Waals surface area contributed by atoms with Gasteiger partial charge in [0.25, 0.3) is 0 Å². The Balaban J connectivity index is 0. The summed E-state index contributed by atoms with van der Waals surface area (Å²) in [5.41, 5.74) is 0. The average molecular weight is 334 g/mol. The van der Waals surface area contributed by atoms with E-state index >= 15 is 0 Å². The van der Waals surface area contributed by atoms with Gasteiger partial charge in [-0.2, -0.15) is 0 Å². The van der Waals surface area contributed by atoms with Crippen molar-refractivity contribution < 1.29 is 97.4 Å². The van der Waals surface area contributed by atoms with Crippen LogP contribution in [0.15, 0.2) is 0 Å². The third kappa shape index (κ3) is 202. The molecule has 0 spiro atoms. The predicted molar refractivity (Wildman–Crippen MR) is 13.6 cm³/mol. The summed E-state index contributed by atoms with van der Waals surface area (Å²) in [6.45, 7) is 0. The van der Waals surface area contributed by atoms with Gasteiger partial charge >= 0.3 is 59.0 Å². The van der Waals surface area contributed by atoms with Crippen LogP contribution in [0.2, 0.25) is 0 Å². The Morgan fingerprint density at radius 3 is 0.333 bits per heavy atom. The molecule has 0 heterocycles. The molecule has 0 saturated carbocycles. The molecule has 0 aromatic carbocycles. The molecule has 0 aromatic heterocycles. The van der Waals surface area contributed by atoms with Crippen molar-refractivity contribution in [1.82, 2.24) is 0 Å². The minimum atomic E-state index is 0. The second-order valence-corrected chi connectivity index (χ2v) is 0. The molecule has 9 heavy (non-hydrogen) atoms. The van der Waals surface area contributed by atoms with Crippen molar-refractivity contribution in [3.05, 3.63) is 0 Å². The van der Waals surface area contributed by atoms with E-state index in [4.69, 9.17) is 0 Å². The third-order valence-corrected chi connectivity index (χ3v) is 0. The normalized spacial score (nSPS) is 0. The monoisotopic (exact) mass is 333 g/mol. The Morgan fingerprint density at radius 1 is 0.333 bits per heavy atom. The quantitative estimate of drug-likeness (QED) is 0.491. The second kappa shape index (κ2) is 258. The van der Waals surface area contributed by atoms with Crippen LogP contribution in [0.4, 0.5) is 0 Å². The maximum Gasteiger partial charge on any atom is 4.00 e. The van der Waals surface area contributed by atoms with E-state index in [2.05, 4.69) is 0 Å². The van der Waals surface area contributed by atoms with Crippen molar-refractivity contribution in [2.75, 3.05) is 0 Å². The van der Waals surface area contributed by atoms with E-state index in [0.29, 0.717) is 0 Å². The van der Waals surface area contributed by atoms with E-state index in [1.807, 2.05) is 0 Å². The van der Waals surface area contributed by atoms with Crippen LogP contribution in [0, 0.1) is 37.3 Å². The summed E-state index contributed by atoms with van der Waals surface area (Å²) in [7, 11) is 0. The number of rotatable bonds is 0. The van der Waals surface area contributed by atoms with Gasteiger partial charge < -0.3 is 38.3 Å². The fourth-order valence-corrected chi connectivity index (χ4v) is 0. The first-order valence-corrected chi connectivity index (χ1v) is 0. The zero-order valence-electron chi connectivity index (χ0n) is 3.92. The molecular weight excluding hydrogens is 327 g/mol. The summed E-state index contributed by atoms with van der Waals surface area (Å²) in [6, 6.07) is 0. The van der Waals surface area contributed by atoms with Crippen molar-refractivity contribution in [3.8, 4) is 0 Å². The zero-order valence-corrected chi connectivity index (χ0v) is 7.33. The third-order valence-electron chi connectivity index (χ3n) is 0. The molecule has 0 fully saturated rings. The van der Waals surface area contributed by atoms with Gasteiger partial charge in [-0.25, -0.2) is 0 Å².